The highest BCUT2D eigenvalue weighted by Gasteiger charge is 2.49. The number of nitrogens with two attached hydrogens (primary N) is 1. The van der Waals surface area contributed by atoms with E-state index in [1.165, 1.54) is 24.2 Å². The van der Waals surface area contributed by atoms with Gasteiger partial charge in [0.1, 0.15) is 11.5 Å². The molecule has 0 radical (unpaired) electrons. The Morgan fingerprint density at radius 1 is 1.26 bits per heavy atom. The molecule has 2 aliphatic rings. The number of Topliss-reactive ketones (excluding diaryl/α,β-unsaturated/α-hetero) is 1. The lowest BCUT2D eigenvalue weighted by Gasteiger charge is -2.44. The quantitative estimate of drug-likeness (QED) is 0.707. The van der Waals surface area contributed by atoms with E-state index in [-0.39, 0.29) is 22.0 Å². The highest BCUT2D eigenvalue weighted by atomic mass is 32.2. The Morgan fingerprint density at radius 3 is 2.58 bits per heavy atom. The number of nitrogen functional groups attached to an aromatic ring is 1. The normalized spacial score (nSPS) is 21.2. The zero-order valence-electron chi connectivity index (χ0n) is 18.6. The molecule has 0 unspecified atom stereocenters. The number of benzene rings is 1. The van der Waals surface area contributed by atoms with Crippen LogP contribution in [0.2, 0.25) is 0 Å². The van der Waals surface area contributed by atoms with E-state index in [4.69, 9.17) is 5.73 Å². The van der Waals surface area contributed by atoms with Gasteiger partial charge in [0.2, 0.25) is 0 Å². The Labute approximate surface area is 186 Å². The minimum atomic E-state index is -1.17. The number of carbonyl (C=O) groups excluding carboxylic acids is 1. The topological polar surface area (TPSA) is 101 Å². The van der Waals surface area contributed by atoms with Crippen LogP contribution in [0.5, 0.6) is 0 Å². The minimum absolute atomic E-state index is 0.0226. The van der Waals surface area contributed by atoms with Gasteiger partial charge in [-0.1, -0.05) is 24.3 Å². The van der Waals surface area contributed by atoms with Crippen LogP contribution in [0.1, 0.15) is 68.2 Å². The van der Waals surface area contributed by atoms with E-state index >= 15 is 0 Å². The maximum Gasteiger partial charge on any atom is 0.181 e. The van der Waals surface area contributed by atoms with Crippen LogP contribution in [-0.4, -0.2) is 37.8 Å². The summed E-state index contributed by atoms with van der Waals surface area (Å²) in [7, 11) is -1.17. The van der Waals surface area contributed by atoms with Crippen LogP contribution in [0.15, 0.2) is 30.5 Å². The number of aromatic nitrogens is 2. The highest BCUT2D eigenvalue weighted by molar-refractivity contribution is 7.84. The van der Waals surface area contributed by atoms with Gasteiger partial charge in [-0.15, -0.1) is 0 Å². The molecule has 166 valence electrons. The molecule has 0 saturated carbocycles. The molecule has 1 spiro atoms. The molecule has 2 aromatic rings. The van der Waals surface area contributed by atoms with Gasteiger partial charge in [0.25, 0.3) is 0 Å². The summed E-state index contributed by atoms with van der Waals surface area (Å²) in [5.74, 6) is 0.769. The Balaban J connectivity index is 1.61. The number of hydrogen-bond donors (Lipinski definition) is 2. The molecule has 1 fully saturated rings. The first-order valence-electron chi connectivity index (χ1n) is 10.7. The van der Waals surface area contributed by atoms with Gasteiger partial charge in [-0.2, -0.15) is 0 Å². The third-order valence-electron chi connectivity index (χ3n) is 6.47. The average Bonchev–Trinajstić information content (AvgIpc) is 3.00. The molecule has 3 N–H and O–H groups in total. The summed E-state index contributed by atoms with van der Waals surface area (Å²) in [5, 5.41) is 0. The van der Waals surface area contributed by atoms with Gasteiger partial charge < -0.3 is 10.6 Å². The van der Waals surface area contributed by atoms with Gasteiger partial charge in [-0.05, 0) is 56.6 Å². The Kier molecular flexibility index (Phi) is 5.64. The van der Waals surface area contributed by atoms with Crippen molar-refractivity contribution < 1.29 is 9.00 Å². The fraction of sp³-hybridized carbons (Fsp3) is 0.522. The van der Waals surface area contributed by atoms with Crippen LogP contribution in [-0.2, 0) is 17.4 Å². The van der Waals surface area contributed by atoms with Crippen LogP contribution in [0, 0.1) is 5.41 Å². The summed E-state index contributed by atoms with van der Waals surface area (Å²) in [6, 6.07) is 8.51. The highest BCUT2D eigenvalue weighted by Crippen LogP contribution is 2.52. The van der Waals surface area contributed by atoms with Crippen LogP contribution in [0.25, 0.3) is 0 Å². The zero-order chi connectivity index (χ0) is 22.4. The molecule has 0 bridgehead atoms. The van der Waals surface area contributed by atoms with Crippen LogP contribution in [0.3, 0.4) is 0 Å². The second-order valence-electron chi connectivity index (χ2n) is 9.68. The van der Waals surface area contributed by atoms with Crippen molar-refractivity contribution in [2.24, 2.45) is 5.41 Å². The van der Waals surface area contributed by atoms with Gasteiger partial charge >= 0.3 is 0 Å². The lowest BCUT2D eigenvalue weighted by Crippen LogP contribution is -2.48. The van der Waals surface area contributed by atoms with Crippen molar-refractivity contribution in [3.8, 4) is 0 Å². The first kappa shape index (κ1) is 21.9. The summed E-state index contributed by atoms with van der Waals surface area (Å²) in [5.41, 5.74) is 8.79. The first-order valence-corrected chi connectivity index (χ1v) is 11.9. The van der Waals surface area contributed by atoms with Gasteiger partial charge in [0, 0.05) is 20.0 Å². The molecule has 1 aliphatic carbocycles. The fourth-order valence-electron chi connectivity index (χ4n) is 4.75. The molecule has 8 heteroatoms. The van der Waals surface area contributed by atoms with E-state index in [0.29, 0.717) is 17.3 Å². The molecule has 1 saturated heterocycles. The number of carbonyl (C=O) groups is 1. The molecule has 4 rings (SSSR count). The molecule has 7 nitrogen and oxygen atoms in total. The molecule has 0 amide bonds. The molecular weight excluding hydrogens is 410 g/mol. The fourth-order valence-corrected chi connectivity index (χ4v) is 5.70. The van der Waals surface area contributed by atoms with Crippen molar-refractivity contribution in [2.45, 2.75) is 57.7 Å². The monoisotopic (exact) mass is 441 g/mol. The van der Waals surface area contributed by atoms with Gasteiger partial charge in [-0.25, -0.2) is 18.9 Å². The van der Waals surface area contributed by atoms with Crippen LogP contribution >= 0.6 is 0 Å². The number of nitrogens with zero attached hydrogens (tertiary/aromatic N) is 3. The van der Waals surface area contributed by atoms with Gasteiger partial charge in [0.15, 0.2) is 11.6 Å². The third-order valence-corrected chi connectivity index (χ3v) is 8.03. The van der Waals surface area contributed by atoms with E-state index in [1.807, 2.05) is 20.8 Å². The van der Waals surface area contributed by atoms with E-state index < -0.39 is 11.0 Å². The van der Waals surface area contributed by atoms with Crippen molar-refractivity contribution in [1.82, 2.24) is 14.7 Å². The van der Waals surface area contributed by atoms with E-state index in [1.54, 1.807) is 0 Å². The smallest absolute Gasteiger partial charge is 0.181 e. The summed E-state index contributed by atoms with van der Waals surface area (Å²) in [6.45, 7) is 8.97. The van der Waals surface area contributed by atoms with Crippen molar-refractivity contribution >= 4 is 28.4 Å². The van der Waals surface area contributed by atoms with Gasteiger partial charge in [-0.3, -0.25) is 4.79 Å². The van der Waals surface area contributed by atoms with E-state index in [0.717, 1.165) is 32.4 Å². The summed E-state index contributed by atoms with van der Waals surface area (Å²) >= 11 is 0. The maximum atomic E-state index is 13.0. The summed E-state index contributed by atoms with van der Waals surface area (Å²) < 4.78 is 16.2. The second-order valence-corrected chi connectivity index (χ2v) is 11.7. The first-order chi connectivity index (χ1) is 14.6. The lowest BCUT2D eigenvalue weighted by molar-refractivity contribution is 0.101. The number of fused-ring (bicyclic) bond motifs is 1. The summed E-state index contributed by atoms with van der Waals surface area (Å²) in [4.78, 5) is 22.8. The number of piperidine rings is 1. The number of anilines is 2. The molecule has 1 aliphatic heterocycles. The summed E-state index contributed by atoms with van der Waals surface area (Å²) in [6.07, 6.45) is 4.18. The lowest BCUT2D eigenvalue weighted by atomic mass is 9.73. The Hall–Kier alpha value is -2.32. The predicted molar refractivity (Wildman–Crippen MR) is 124 cm³/mol. The second kappa shape index (κ2) is 7.98. The average molecular weight is 442 g/mol. The van der Waals surface area contributed by atoms with Crippen molar-refractivity contribution in [2.75, 3.05) is 23.7 Å². The predicted octanol–water partition coefficient (Wildman–Crippen LogP) is 3.20. The Bertz CT molecular complexity index is 1020. The van der Waals surface area contributed by atoms with Crippen LogP contribution < -0.4 is 15.4 Å². The van der Waals surface area contributed by atoms with Gasteiger partial charge in [0.05, 0.1) is 28.0 Å². The molecule has 31 heavy (non-hydrogen) atoms. The minimum Gasteiger partial charge on any atom is -0.382 e. The number of rotatable bonds is 4. The number of nitrogens with one attached hydrogen (secondary N) is 1. The SMILES string of the molecule is CC(=O)c1ncc(N)nc1N1CCC2(CC1)Cc1ccccc1[C@H]2N[S@@](=O)C(C)(C)C. The molecule has 1 aromatic heterocycles. The zero-order valence-corrected chi connectivity index (χ0v) is 19.5. The Morgan fingerprint density at radius 2 is 1.94 bits per heavy atom. The molecular formula is C23H31N5O2S. The van der Waals surface area contributed by atoms with Crippen molar-refractivity contribution in [1.29, 1.82) is 0 Å². The standard InChI is InChI=1S/C23H31N5O2S/c1-15(29)19-21(26-18(24)14-25-19)28-11-9-23(10-12-28)13-16-7-5-6-8-17(16)20(23)27-31(30)22(2,3)4/h5-8,14,20,27H,9-13H2,1-4H3,(H2,24,26)/t20-,31+/m1/s1. The van der Waals surface area contributed by atoms with Crippen molar-refractivity contribution in [3.05, 3.63) is 47.3 Å². The largest absolute Gasteiger partial charge is 0.382 e. The molecule has 1 aromatic carbocycles. The molecule has 2 atom stereocenters. The number of hydrogen-bond acceptors (Lipinski definition) is 6. The molecule has 2 heterocycles. The maximum absolute atomic E-state index is 13.0. The van der Waals surface area contributed by atoms with Crippen LogP contribution in [0.4, 0.5) is 11.6 Å². The van der Waals surface area contributed by atoms with Crippen molar-refractivity contribution in [3.63, 3.8) is 0 Å². The van der Waals surface area contributed by atoms with E-state index in [2.05, 4.69) is 43.9 Å². The van der Waals surface area contributed by atoms with E-state index in [9.17, 15) is 9.00 Å². The number of ketones is 1. The third kappa shape index (κ3) is 4.11.